The molecule has 1 aromatic heterocycles. The Bertz CT molecular complexity index is 433. The van der Waals surface area contributed by atoms with E-state index in [2.05, 4.69) is 15.3 Å². The summed E-state index contributed by atoms with van der Waals surface area (Å²) in [6.45, 7) is 3.76. The number of aryl methyl sites for hydroxylation is 1. The van der Waals surface area contributed by atoms with E-state index in [1.165, 1.54) is 0 Å². The van der Waals surface area contributed by atoms with Crippen LogP contribution in [-0.2, 0) is 4.74 Å². The van der Waals surface area contributed by atoms with Crippen molar-refractivity contribution in [1.82, 2.24) is 9.97 Å². The summed E-state index contributed by atoms with van der Waals surface area (Å²) in [5, 5.41) is 13.5. The zero-order valence-corrected chi connectivity index (χ0v) is 11.8. The van der Waals surface area contributed by atoms with Crippen molar-refractivity contribution >= 4 is 11.8 Å². The van der Waals surface area contributed by atoms with Crippen molar-refractivity contribution in [3.63, 3.8) is 0 Å². The van der Waals surface area contributed by atoms with E-state index in [1.54, 1.807) is 13.2 Å². The van der Waals surface area contributed by atoms with E-state index >= 15 is 0 Å². The van der Waals surface area contributed by atoms with Crippen LogP contribution in [0.5, 0.6) is 0 Å². The molecule has 6 nitrogen and oxygen atoms in total. The average Bonchev–Trinajstić information content (AvgIpc) is 2.39. The summed E-state index contributed by atoms with van der Waals surface area (Å²) in [5.41, 5.74) is 0.307. The van der Waals surface area contributed by atoms with Crippen LogP contribution in [0.15, 0.2) is 6.20 Å². The summed E-state index contributed by atoms with van der Waals surface area (Å²) in [6.07, 6.45) is 3.12. The lowest BCUT2D eigenvalue weighted by Gasteiger charge is -2.36. The maximum atomic E-state index is 10.5. The normalized spacial score (nSPS) is 18.1. The Morgan fingerprint density at radius 3 is 2.79 bits per heavy atom. The molecule has 6 heteroatoms. The summed E-state index contributed by atoms with van der Waals surface area (Å²) >= 11 is 0. The summed E-state index contributed by atoms with van der Waals surface area (Å²) in [7, 11) is 3.74. The predicted octanol–water partition coefficient (Wildman–Crippen LogP) is 0.804. The molecule has 0 bridgehead atoms. The van der Waals surface area contributed by atoms with Gasteiger partial charge in [0.05, 0.1) is 5.60 Å². The third-order valence-corrected chi connectivity index (χ3v) is 3.49. The maximum absolute atomic E-state index is 10.5. The van der Waals surface area contributed by atoms with Gasteiger partial charge in [0.15, 0.2) is 0 Å². The number of anilines is 2. The Hall–Kier alpha value is -1.40. The zero-order chi connectivity index (χ0) is 13.9. The minimum Gasteiger partial charge on any atom is -0.388 e. The van der Waals surface area contributed by atoms with Crippen molar-refractivity contribution in [2.24, 2.45) is 0 Å². The lowest BCUT2D eigenvalue weighted by atomic mass is 9.94. The van der Waals surface area contributed by atoms with E-state index in [-0.39, 0.29) is 0 Å². The first-order valence-electron chi connectivity index (χ1n) is 6.57. The lowest BCUT2D eigenvalue weighted by Crippen LogP contribution is -2.46. The number of aromatic nitrogens is 2. The fourth-order valence-electron chi connectivity index (χ4n) is 2.37. The summed E-state index contributed by atoms with van der Waals surface area (Å²) in [4.78, 5) is 10.6. The van der Waals surface area contributed by atoms with Gasteiger partial charge in [0.1, 0.15) is 5.82 Å². The van der Waals surface area contributed by atoms with Gasteiger partial charge in [-0.3, -0.25) is 0 Å². The van der Waals surface area contributed by atoms with E-state index in [0.29, 0.717) is 38.5 Å². The summed E-state index contributed by atoms with van der Waals surface area (Å²) in [6, 6.07) is 0. The summed E-state index contributed by atoms with van der Waals surface area (Å²) < 4.78 is 5.30. The number of likely N-dealkylation sites (N-methyl/N-ethyl adjacent to an activating group) is 1. The van der Waals surface area contributed by atoms with Gasteiger partial charge in [-0.25, -0.2) is 4.98 Å². The molecule has 1 aliphatic rings. The Balaban J connectivity index is 2.12. The van der Waals surface area contributed by atoms with Crippen molar-refractivity contribution in [2.45, 2.75) is 25.4 Å². The summed E-state index contributed by atoms with van der Waals surface area (Å²) in [5.74, 6) is 1.44. The van der Waals surface area contributed by atoms with Gasteiger partial charge in [-0.2, -0.15) is 4.98 Å². The molecule has 19 heavy (non-hydrogen) atoms. The smallest absolute Gasteiger partial charge is 0.224 e. The number of hydrogen-bond donors (Lipinski definition) is 2. The Kier molecular flexibility index (Phi) is 4.21. The molecule has 106 valence electrons. The highest BCUT2D eigenvalue weighted by atomic mass is 16.5. The number of nitrogens with one attached hydrogen (secondary N) is 1. The van der Waals surface area contributed by atoms with Crippen LogP contribution in [0.3, 0.4) is 0 Å². The van der Waals surface area contributed by atoms with Crippen molar-refractivity contribution < 1.29 is 9.84 Å². The molecular formula is C13H22N4O2. The van der Waals surface area contributed by atoms with E-state index < -0.39 is 5.60 Å². The highest BCUT2D eigenvalue weighted by molar-refractivity contribution is 5.48. The van der Waals surface area contributed by atoms with E-state index in [4.69, 9.17) is 4.74 Å². The van der Waals surface area contributed by atoms with Crippen LogP contribution in [0.2, 0.25) is 0 Å². The zero-order valence-electron chi connectivity index (χ0n) is 11.8. The first kappa shape index (κ1) is 14.0. The van der Waals surface area contributed by atoms with Gasteiger partial charge in [0, 0.05) is 58.5 Å². The number of rotatable bonds is 4. The van der Waals surface area contributed by atoms with Crippen LogP contribution in [0.1, 0.15) is 18.4 Å². The first-order valence-corrected chi connectivity index (χ1v) is 6.57. The highest BCUT2D eigenvalue weighted by Crippen LogP contribution is 2.24. The van der Waals surface area contributed by atoms with Crippen molar-refractivity contribution in [3.8, 4) is 0 Å². The molecule has 1 aliphatic heterocycles. The largest absolute Gasteiger partial charge is 0.388 e. The highest BCUT2D eigenvalue weighted by Gasteiger charge is 2.31. The van der Waals surface area contributed by atoms with E-state index in [0.717, 1.165) is 11.4 Å². The van der Waals surface area contributed by atoms with Gasteiger partial charge < -0.3 is 20.1 Å². The van der Waals surface area contributed by atoms with Gasteiger partial charge in [-0.05, 0) is 6.92 Å². The molecule has 2 N–H and O–H groups in total. The fourth-order valence-corrected chi connectivity index (χ4v) is 2.37. The number of hydrogen-bond acceptors (Lipinski definition) is 6. The van der Waals surface area contributed by atoms with Crippen LogP contribution in [0.4, 0.5) is 11.8 Å². The fraction of sp³-hybridized carbons (Fsp3) is 0.692. The number of nitrogens with zero attached hydrogens (tertiary/aromatic N) is 3. The molecule has 2 rings (SSSR count). The van der Waals surface area contributed by atoms with Crippen LogP contribution in [0.25, 0.3) is 0 Å². The molecule has 0 unspecified atom stereocenters. The number of aliphatic hydroxyl groups is 1. The van der Waals surface area contributed by atoms with Crippen LogP contribution in [0, 0.1) is 6.92 Å². The molecule has 0 aromatic carbocycles. The predicted molar refractivity (Wildman–Crippen MR) is 74.6 cm³/mol. The second-order valence-corrected chi connectivity index (χ2v) is 5.14. The first-order chi connectivity index (χ1) is 9.04. The van der Waals surface area contributed by atoms with Crippen molar-refractivity contribution in [3.05, 3.63) is 11.8 Å². The Morgan fingerprint density at radius 1 is 1.47 bits per heavy atom. The second-order valence-electron chi connectivity index (χ2n) is 5.14. The molecule has 1 fully saturated rings. The second kappa shape index (κ2) is 5.71. The van der Waals surface area contributed by atoms with Gasteiger partial charge >= 0.3 is 0 Å². The quantitative estimate of drug-likeness (QED) is 0.840. The topological polar surface area (TPSA) is 70.5 Å². The molecule has 0 spiro atoms. The molecule has 1 aromatic rings. The minimum absolute atomic E-state index is 0.553. The van der Waals surface area contributed by atoms with Crippen LogP contribution < -0.4 is 10.2 Å². The van der Waals surface area contributed by atoms with Crippen LogP contribution >= 0.6 is 0 Å². The molecule has 1 saturated heterocycles. The lowest BCUT2D eigenvalue weighted by molar-refractivity contribution is -0.0573. The van der Waals surface area contributed by atoms with Gasteiger partial charge in [0.2, 0.25) is 5.95 Å². The Labute approximate surface area is 113 Å². The van der Waals surface area contributed by atoms with Gasteiger partial charge in [-0.15, -0.1) is 0 Å². The third kappa shape index (κ3) is 3.33. The molecule has 0 atom stereocenters. The van der Waals surface area contributed by atoms with E-state index in [9.17, 15) is 5.11 Å². The van der Waals surface area contributed by atoms with Crippen molar-refractivity contribution in [1.29, 1.82) is 0 Å². The minimum atomic E-state index is -0.690. The molecule has 0 radical (unpaired) electrons. The molecule has 0 saturated carbocycles. The SMILES string of the molecule is CNc1ncc(C)c(N(C)CC2(O)CCOCC2)n1. The molecule has 0 amide bonds. The van der Waals surface area contributed by atoms with Crippen LogP contribution in [-0.4, -0.2) is 54.5 Å². The van der Waals surface area contributed by atoms with Crippen molar-refractivity contribution in [2.75, 3.05) is 44.1 Å². The standard InChI is InChI=1S/C13H22N4O2/c1-10-8-15-12(14-2)16-11(10)17(3)9-13(18)4-6-19-7-5-13/h8,18H,4-7,9H2,1-3H3,(H,14,15,16). The maximum Gasteiger partial charge on any atom is 0.224 e. The molecular weight excluding hydrogens is 244 g/mol. The average molecular weight is 266 g/mol. The third-order valence-electron chi connectivity index (χ3n) is 3.49. The van der Waals surface area contributed by atoms with Gasteiger partial charge in [-0.1, -0.05) is 0 Å². The molecule has 2 heterocycles. The Morgan fingerprint density at radius 2 is 2.16 bits per heavy atom. The number of ether oxygens (including phenoxy) is 1. The monoisotopic (exact) mass is 266 g/mol. The molecule has 0 aliphatic carbocycles. The van der Waals surface area contributed by atoms with E-state index in [1.807, 2.05) is 18.9 Å². The van der Waals surface area contributed by atoms with Gasteiger partial charge in [0.25, 0.3) is 0 Å².